The van der Waals surface area contributed by atoms with Gasteiger partial charge in [-0.15, -0.1) is 0 Å². The molecule has 1 fully saturated rings. The van der Waals surface area contributed by atoms with Gasteiger partial charge in [0.15, 0.2) is 0 Å². The molecule has 0 unspecified atom stereocenters. The molecule has 1 aromatic carbocycles. The summed E-state index contributed by atoms with van der Waals surface area (Å²) in [5, 5.41) is 4.16. The average molecular weight is 343 g/mol. The normalized spacial score (nSPS) is 19.1. The Kier molecular flexibility index (Phi) is 5.70. The third-order valence-corrected chi connectivity index (χ3v) is 4.48. The number of likely N-dealkylation sites (tertiary alicyclic amines) is 1. The summed E-state index contributed by atoms with van der Waals surface area (Å²) in [6.45, 7) is 4.09. The van der Waals surface area contributed by atoms with Crippen molar-refractivity contribution < 1.29 is 9.59 Å². The fraction of sp³-hybridized carbons (Fsp3) is 0.500. The highest BCUT2D eigenvalue weighted by Crippen LogP contribution is 2.22. The molecular formula is C16H20Cl2N2O2. The Hall–Kier alpha value is -1.26. The molecule has 2 amide bonds. The van der Waals surface area contributed by atoms with Crippen molar-refractivity contribution in [3.8, 4) is 0 Å². The van der Waals surface area contributed by atoms with Gasteiger partial charge in [0.2, 0.25) is 11.8 Å². The Labute approximate surface area is 140 Å². The number of amides is 2. The molecule has 0 saturated carbocycles. The van der Waals surface area contributed by atoms with Crippen LogP contribution in [0.25, 0.3) is 0 Å². The molecule has 120 valence electrons. The first-order valence-corrected chi connectivity index (χ1v) is 8.15. The third-order valence-electron chi connectivity index (χ3n) is 3.89. The average Bonchev–Trinajstić information content (AvgIpc) is 2.91. The van der Waals surface area contributed by atoms with Crippen molar-refractivity contribution in [2.24, 2.45) is 0 Å². The summed E-state index contributed by atoms with van der Waals surface area (Å²) in [7, 11) is 0. The minimum absolute atomic E-state index is 0.0500. The number of hydrogen-bond acceptors (Lipinski definition) is 2. The zero-order chi connectivity index (χ0) is 16.3. The Morgan fingerprint density at radius 2 is 2.14 bits per heavy atom. The minimum Gasteiger partial charge on any atom is -0.352 e. The zero-order valence-corrected chi connectivity index (χ0v) is 14.2. The van der Waals surface area contributed by atoms with Crippen molar-refractivity contribution in [3.05, 3.63) is 33.8 Å². The summed E-state index contributed by atoms with van der Waals surface area (Å²) in [5.41, 5.74) is 0.939. The first kappa shape index (κ1) is 17.1. The molecule has 6 heteroatoms. The highest BCUT2D eigenvalue weighted by atomic mass is 35.5. The number of hydrogen-bond donors (Lipinski definition) is 1. The fourth-order valence-electron chi connectivity index (χ4n) is 2.82. The van der Waals surface area contributed by atoms with Crippen LogP contribution in [-0.4, -0.2) is 35.3 Å². The second kappa shape index (κ2) is 7.34. The highest BCUT2D eigenvalue weighted by Gasteiger charge is 2.32. The lowest BCUT2D eigenvalue weighted by molar-refractivity contribution is -0.137. The summed E-state index contributed by atoms with van der Waals surface area (Å²) in [5.74, 6) is -0.142. The Morgan fingerprint density at radius 1 is 1.41 bits per heavy atom. The molecule has 0 aliphatic carbocycles. The van der Waals surface area contributed by atoms with Crippen LogP contribution in [0.15, 0.2) is 18.2 Å². The molecule has 1 N–H and O–H groups in total. The molecular weight excluding hydrogens is 323 g/mol. The van der Waals surface area contributed by atoms with Gasteiger partial charge in [-0.1, -0.05) is 29.3 Å². The van der Waals surface area contributed by atoms with E-state index in [2.05, 4.69) is 5.32 Å². The van der Waals surface area contributed by atoms with E-state index in [4.69, 9.17) is 23.2 Å². The van der Waals surface area contributed by atoms with Gasteiger partial charge >= 0.3 is 0 Å². The molecule has 0 spiro atoms. The summed E-state index contributed by atoms with van der Waals surface area (Å²) in [6, 6.07) is 4.93. The Balaban J connectivity index is 1.95. The molecule has 0 radical (unpaired) electrons. The van der Waals surface area contributed by atoms with Crippen LogP contribution in [0.2, 0.25) is 10.0 Å². The maximum absolute atomic E-state index is 12.3. The van der Waals surface area contributed by atoms with Gasteiger partial charge in [-0.25, -0.2) is 0 Å². The minimum atomic E-state index is -0.347. The molecule has 1 aliphatic heterocycles. The smallest absolute Gasteiger partial charge is 0.243 e. The van der Waals surface area contributed by atoms with E-state index >= 15 is 0 Å². The molecule has 22 heavy (non-hydrogen) atoms. The van der Waals surface area contributed by atoms with Crippen LogP contribution in [0.3, 0.4) is 0 Å². The monoisotopic (exact) mass is 342 g/mol. The van der Waals surface area contributed by atoms with Crippen LogP contribution in [0.5, 0.6) is 0 Å². The maximum Gasteiger partial charge on any atom is 0.243 e. The van der Waals surface area contributed by atoms with Gasteiger partial charge < -0.3 is 10.2 Å². The Bertz CT molecular complexity index is 577. The SMILES string of the molecule is CC(=O)N1CCC[C@@H]1C(=O)N[C@H](C)Cc1ccc(Cl)cc1Cl. The number of nitrogens with one attached hydrogen (secondary N) is 1. The van der Waals surface area contributed by atoms with Crippen molar-refractivity contribution in [1.82, 2.24) is 10.2 Å². The van der Waals surface area contributed by atoms with Gasteiger partial charge in [0, 0.05) is 29.6 Å². The topological polar surface area (TPSA) is 49.4 Å². The van der Waals surface area contributed by atoms with Crippen LogP contribution in [0, 0.1) is 0 Å². The number of carbonyl (C=O) groups is 2. The van der Waals surface area contributed by atoms with Crippen molar-refractivity contribution in [2.45, 2.75) is 45.2 Å². The van der Waals surface area contributed by atoms with E-state index in [0.717, 1.165) is 18.4 Å². The summed E-state index contributed by atoms with van der Waals surface area (Å²) in [6.07, 6.45) is 2.21. The lowest BCUT2D eigenvalue weighted by Gasteiger charge is -2.24. The molecule has 4 nitrogen and oxygen atoms in total. The van der Waals surface area contributed by atoms with Gasteiger partial charge in [0.25, 0.3) is 0 Å². The van der Waals surface area contributed by atoms with Gasteiger partial charge in [-0.2, -0.15) is 0 Å². The summed E-state index contributed by atoms with van der Waals surface area (Å²) >= 11 is 12.0. The second-order valence-corrected chi connectivity index (χ2v) is 6.56. The van der Waals surface area contributed by atoms with Gasteiger partial charge in [0.05, 0.1) is 0 Å². The van der Waals surface area contributed by atoms with Gasteiger partial charge in [0.1, 0.15) is 6.04 Å². The third kappa shape index (κ3) is 4.14. The van der Waals surface area contributed by atoms with Gasteiger partial charge in [-0.05, 0) is 43.9 Å². The van der Waals surface area contributed by atoms with E-state index in [9.17, 15) is 9.59 Å². The molecule has 1 saturated heterocycles. The quantitative estimate of drug-likeness (QED) is 0.914. The lowest BCUT2D eigenvalue weighted by atomic mass is 10.1. The van der Waals surface area contributed by atoms with E-state index in [1.54, 1.807) is 17.0 Å². The molecule has 2 atom stereocenters. The number of nitrogens with zero attached hydrogens (tertiary/aromatic N) is 1. The van der Waals surface area contributed by atoms with E-state index in [0.29, 0.717) is 23.0 Å². The number of rotatable bonds is 4. The summed E-state index contributed by atoms with van der Waals surface area (Å²) in [4.78, 5) is 25.5. The standard InChI is InChI=1S/C16H20Cl2N2O2/c1-10(8-12-5-6-13(17)9-14(12)18)19-16(22)15-4-3-7-20(15)11(2)21/h5-6,9-10,15H,3-4,7-8H2,1-2H3,(H,19,22)/t10-,15-/m1/s1. The van der Waals surface area contributed by atoms with Crippen molar-refractivity contribution in [3.63, 3.8) is 0 Å². The molecule has 0 bridgehead atoms. The van der Waals surface area contributed by atoms with Gasteiger partial charge in [-0.3, -0.25) is 9.59 Å². The molecule has 1 aromatic rings. The maximum atomic E-state index is 12.3. The van der Waals surface area contributed by atoms with Crippen LogP contribution in [-0.2, 0) is 16.0 Å². The molecule has 1 aliphatic rings. The fourth-order valence-corrected chi connectivity index (χ4v) is 3.31. The molecule has 0 aromatic heterocycles. The van der Waals surface area contributed by atoms with E-state index in [1.807, 2.05) is 13.0 Å². The highest BCUT2D eigenvalue weighted by molar-refractivity contribution is 6.35. The lowest BCUT2D eigenvalue weighted by Crippen LogP contribution is -2.48. The van der Waals surface area contributed by atoms with Crippen LogP contribution in [0.4, 0.5) is 0 Å². The predicted molar refractivity (Wildman–Crippen MR) is 88.2 cm³/mol. The van der Waals surface area contributed by atoms with Crippen LogP contribution < -0.4 is 5.32 Å². The molecule has 1 heterocycles. The Morgan fingerprint density at radius 3 is 2.77 bits per heavy atom. The van der Waals surface area contributed by atoms with Crippen molar-refractivity contribution >= 4 is 35.0 Å². The zero-order valence-electron chi connectivity index (χ0n) is 12.7. The summed E-state index contributed by atoms with van der Waals surface area (Å²) < 4.78 is 0. The van der Waals surface area contributed by atoms with E-state index in [1.165, 1.54) is 6.92 Å². The van der Waals surface area contributed by atoms with Crippen LogP contribution in [0.1, 0.15) is 32.3 Å². The number of benzene rings is 1. The molecule has 2 rings (SSSR count). The van der Waals surface area contributed by atoms with Crippen LogP contribution >= 0.6 is 23.2 Å². The number of halogens is 2. The predicted octanol–water partition coefficient (Wildman–Crippen LogP) is 3.05. The van der Waals surface area contributed by atoms with E-state index < -0.39 is 0 Å². The second-order valence-electron chi connectivity index (χ2n) is 5.72. The first-order chi connectivity index (χ1) is 10.4. The largest absolute Gasteiger partial charge is 0.352 e. The van der Waals surface area contributed by atoms with Crippen molar-refractivity contribution in [2.75, 3.05) is 6.54 Å². The van der Waals surface area contributed by atoms with E-state index in [-0.39, 0.29) is 23.9 Å². The van der Waals surface area contributed by atoms with Crippen molar-refractivity contribution in [1.29, 1.82) is 0 Å². The number of carbonyl (C=O) groups excluding carboxylic acids is 2. The first-order valence-electron chi connectivity index (χ1n) is 7.40.